The van der Waals surface area contributed by atoms with Crippen LogP contribution in [-0.2, 0) is 9.53 Å². The summed E-state index contributed by atoms with van der Waals surface area (Å²) in [5.41, 5.74) is -0.262. The molecular weight excluding hydrogens is 287 g/mol. The van der Waals surface area contributed by atoms with E-state index in [0.29, 0.717) is 11.6 Å². The molecule has 0 aliphatic heterocycles. The third kappa shape index (κ3) is 4.44. The van der Waals surface area contributed by atoms with Crippen LogP contribution in [0.5, 0.6) is 0 Å². The fraction of sp³-hybridized carbons (Fsp3) is 0.500. The van der Waals surface area contributed by atoms with E-state index < -0.39 is 17.5 Å². The van der Waals surface area contributed by atoms with Crippen molar-refractivity contribution in [2.24, 2.45) is 11.8 Å². The highest BCUT2D eigenvalue weighted by Crippen LogP contribution is 2.38. The topological polar surface area (TPSA) is 67.4 Å². The summed E-state index contributed by atoms with van der Waals surface area (Å²) in [5.74, 6) is -0.266. The van der Waals surface area contributed by atoms with Gasteiger partial charge in [-0.15, -0.1) is 0 Å². The zero-order valence-corrected chi connectivity index (χ0v) is 13.2. The maximum atomic E-state index is 13.8. The third-order valence-electron chi connectivity index (χ3n) is 3.32. The third-order valence-corrected chi connectivity index (χ3v) is 3.32. The fourth-order valence-corrected chi connectivity index (χ4v) is 2.03. The van der Waals surface area contributed by atoms with Gasteiger partial charge in [-0.05, 0) is 51.3 Å². The molecule has 0 unspecified atom stereocenters. The Kier molecular flexibility index (Phi) is 4.39. The lowest BCUT2D eigenvalue weighted by Crippen LogP contribution is -2.27. The van der Waals surface area contributed by atoms with E-state index in [-0.39, 0.29) is 17.5 Å². The van der Waals surface area contributed by atoms with Crippen molar-refractivity contribution < 1.29 is 18.7 Å². The summed E-state index contributed by atoms with van der Waals surface area (Å²) >= 11 is 0. The average Bonchev–Trinajstić information content (AvgIpc) is 3.08. The zero-order chi connectivity index (χ0) is 16.5. The first-order valence-electron chi connectivity index (χ1n) is 7.26. The minimum atomic E-state index is -0.745. The first kappa shape index (κ1) is 16.3. The zero-order valence-electron chi connectivity index (χ0n) is 13.2. The molecule has 1 fully saturated rings. The molecule has 1 aliphatic rings. The van der Waals surface area contributed by atoms with Crippen molar-refractivity contribution >= 4 is 23.4 Å². The molecule has 0 aromatic heterocycles. The van der Waals surface area contributed by atoms with E-state index in [0.717, 1.165) is 6.42 Å². The van der Waals surface area contributed by atoms with E-state index in [1.165, 1.54) is 18.2 Å². The van der Waals surface area contributed by atoms with Gasteiger partial charge in [-0.3, -0.25) is 10.1 Å². The Labute approximate surface area is 129 Å². The van der Waals surface area contributed by atoms with Gasteiger partial charge in [0.15, 0.2) is 0 Å². The summed E-state index contributed by atoms with van der Waals surface area (Å²) in [6.45, 7) is 7.16. The lowest BCUT2D eigenvalue weighted by atomic mass is 10.2. The fourth-order valence-electron chi connectivity index (χ4n) is 2.03. The molecule has 0 heterocycles. The van der Waals surface area contributed by atoms with E-state index >= 15 is 0 Å². The predicted octanol–water partition coefficient (Wildman–Crippen LogP) is 3.77. The van der Waals surface area contributed by atoms with Crippen molar-refractivity contribution in [2.45, 2.75) is 39.7 Å². The van der Waals surface area contributed by atoms with Gasteiger partial charge in [0, 0.05) is 11.6 Å². The van der Waals surface area contributed by atoms with Crippen LogP contribution in [0.1, 0.15) is 34.1 Å². The standard InChI is InChI=1S/C16H21FN2O3/c1-9-7-11(9)14(20)18-10-5-6-12(17)13(8-10)19-15(21)22-16(2,3)4/h5-6,8-9,11H,7H2,1-4H3,(H,18,20)(H,19,21)/t9-,11-/m0/s1. The van der Waals surface area contributed by atoms with Crippen molar-refractivity contribution in [3.63, 3.8) is 0 Å². The molecule has 2 rings (SSSR count). The second-order valence-electron chi connectivity index (χ2n) is 6.63. The molecule has 1 aliphatic carbocycles. The Hall–Kier alpha value is -2.11. The summed E-state index contributed by atoms with van der Waals surface area (Å²) in [6, 6.07) is 4.03. The van der Waals surface area contributed by atoms with E-state index in [4.69, 9.17) is 4.74 Å². The molecule has 0 saturated heterocycles. The Morgan fingerprint density at radius 3 is 2.45 bits per heavy atom. The van der Waals surface area contributed by atoms with Crippen LogP contribution in [0.25, 0.3) is 0 Å². The normalized spacial score (nSPS) is 20.2. The molecule has 2 N–H and O–H groups in total. The molecule has 2 atom stereocenters. The minimum absolute atomic E-state index is 0.0207. The van der Waals surface area contributed by atoms with Gasteiger partial charge >= 0.3 is 6.09 Å². The molecule has 22 heavy (non-hydrogen) atoms. The number of ether oxygens (including phenoxy) is 1. The van der Waals surface area contributed by atoms with Crippen LogP contribution in [0, 0.1) is 17.7 Å². The van der Waals surface area contributed by atoms with Crippen molar-refractivity contribution in [1.82, 2.24) is 0 Å². The number of carbonyl (C=O) groups is 2. The Morgan fingerprint density at radius 1 is 1.27 bits per heavy atom. The first-order chi connectivity index (χ1) is 10.2. The smallest absolute Gasteiger partial charge is 0.412 e. The number of nitrogens with one attached hydrogen (secondary N) is 2. The van der Waals surface area contributed by atoms with Crippen LogP contribution in [0.3, 0.4) is 0 Å². The van der Waals surface area contributed by atoms with Gasteiger partial charge in [-0.2, -0.15) is 0 Å². The SMILES string of the molecule is C[C@H]1C[C@@H]1C(=O)Nc1ccc(F)c(NC(=O)OC(C)(C)C)c1. The highest BCUT2D eigenvalue weighted by molar-refractivity contribution is 5.95. The van der Waals surface area contributed by atoms with Gasteiger partial charge in [0.1, 0.15) is 11.4 Å². The molecule has 1 aromatic carbocycles. The van der Waals surface area contributed by atoms with E-state index in [1.54, 1.807) is 20.8 Å². The number of carbonyl (C=O) groups excluding carboxylic acids is 2. The maximum Gasteiger partial charge on any atom is 0.412 e. The maximum absolute atomic E-state index is 13.8. The number of benzene rings is 1. The number of hydrogen-bond donors (Lipinski definition) is 2. The summed E-state index contributed by atoms with van der Waals surface area (Å²) in [5, 5.41) is 5.07. The number of amides is 2. The molecule has 0 radical (unpaired) electrons. The Bertz CT molecular complexity index is 596. The second kappa shape index (κ2) is 5.94. The Balaban J connectivity index is 2.03. The summed E-state index contributed by atoms with van der Waals surface area (Å²) in [7, 11) is 0. The highest BCUT2D eigenvalue weighted by Gasteiger charge is 2.39. The Morgan fingerprint density at radius 2 is 1.91 bits per heavy atom. The lowest BCUT2D eigenvalue weighted by molar-refractivity contribution is -0.117. The van der Waals surface area contributed by atoms with Crippen molar-refractivity contribution in [1.29, 1.82) is 0 Å². The van der Waals surface area contributed by atoms with Gasteiger partial charge in [0.25, 0.3) is 0 Å². The van der Waals surface area contributed by atoms with E-state index in [9.17, 15) is 14.0 Å². The minimum Gasteiger partial charge on any atom is -0.444 e. The summed E-state index contributed by atoms with van der Waals surface area (Å²) in [6.07, 6.45) is 0.126. The van der Waals surface area contributed by atoms with E-state index in [1.807, 2.05) is 6.92 Å². The molecule has 0 spiro atoms. The first-order valence-corrected chi connectivity index (χ1v) is 7.26. The van der Waals surface area contributed by atoms with Gasteiger partial charge < -0.3 is 10.1 Å². The van der Waals surface area contributed by atoms with Crippen molar-refractivity contribution in [2.75, 3.05) is 10.6 Å². The van der Waals surface area contributed by atoms with Gasteiger partial charge in [-0.25, -0.2) is 9.18 Å². The van der Waals surface area contributed by atoms with Crippen LogP contribution in [-0.4, -0.2) is 17.6 Å². The largest absolute Gasteiger partial charge is 0.444 e. The molecule has 120 valence electrons. The van der Waals surface area contributed by atoms with E-state index in [2.05, 4.69) is 10.6 Å². The number of hydrogen-bond acceptors (Lipinski definition) is 3. The van der Waals surface area contributed by atoms with Crippen LogP contribution in [0.2, 0.25) is 0 Å². The average molecular weight is 308 g/mol. The van der Waals surface area contributed by atoms with Gasteiger partial charge in [0.2, 0.25) is 5.91 Å². The van der Waals surface area contributed by atoms with Gasteiger partial charge in [0.05, 0.1) is 5.69 Å². The summed E-state index contributed by atoms with van der Waals surface area (Å²) in [4.78, 5) is 23.6. The van der Waals surface area contributed by atoms with Crippen LogP contribution in [0.4, 0.5) is 20.6 Å². The predicted molar refractivity (Wildman–Crippen MR) is 82.2 cm³/mol. The van der Waals surface area contributed by atoms with Crippen LogP contribution < -0.4 is 10.6 Å². The molecule has 0 bridgehead atoms. The monoisotopic (exact) mass is 308 g/mol. The summed E-state index contributed by atoms with van der Waals surface area (Å²) < 4.78 is 18.8. The molecule has 5 nitrogen and oxygen atoms in total. The number of rotatable bonds is 3. The van der Waals surface area contributed by atoms with Crippen molar-refractivity contribution in [3.05, 3.63) is 24.0 Å². The van der Waals surface area contributed by atoms with Crippen LogP contribution >= 0.6 is 0 Å². The molecule has 6 heteroatoms. The number of anilines is 2. The quantitative estimate of drug-likeness (QED) is 0.893. The highest BCUT2D eigenvalue weighted by atomic mass is 19.1. The number of halogens is 1. The molecule has 1 aromatic rings. The lowest BCUT2D eigenvalue weighted by Gasteiger charge is -2.20. The molecular formula is C16H21FN2O3. The molecule has 1 saturated carbocycles. The molecule has 2 amide bonds. The van der Waals surface area contributed by atoms with Gasteiger partial charge in [-0.1, -0.05) is 6.92 Å². The van der Waals surface area contributed by atoms with Crippen molar-refractivity contribution in [3.8, 4) is 0 Å². The second-order valence-corrected chi connectivity index (χ2v) is 6.63. The van der Waals surface area contributed by atoms with Crippen LogP contribution in [0.15, 0.2) is 18.2 Å².